The predicted octanol–water partition coefficient (Wildman–Crippen LogP) is 7.31. The van der Waals surface area contributed by atoms with Gasteiger partial charge < -0.3 is 10.1 Å². The Kier molecular flexibility index (Phi) is 9.84. The van der Waals surface area contributed by atoms with Crippen LogP contribution in [0.2, 0.25) is 0 Å². The molecular weight excluding hydrogens is 528 g/mol. The highest BCUT2D eigenvalue weighted by Gasteiger charge is 2.17. The molecule has 0 fully saturated rings. The van der Waals surface area contributed by atoms with Crippen LogP contribution in [0.25, 0.3) is 17.1 Å². The summed E-state index contributed by atoms with van der Waals surface area (Å²) in [5, 5.41) is 13.1. The molecule has 4 aromatic carbocycles. The third-order valence-electron chi connectivity index (χ3n) is 6.85. The van der Waals surface area contributed by atoms with E-state index in [1.807, 2.05) is 91.0 Å². The molecule has 1 unspecified atom stereocenters. The van der Waals surface area contributed by atoms with Gasteiger partial charge in [0.15, 0.2) is 11.0 Å². The first-order valence-corrected chi connectivity index (χ1v) is 14.9. The lowest BCUT2D eigenvalue weighted by Gasteiger charge is -2.19. The van der Waals surface area contributed by atoms with Crippen LogP contribution in [-0.4, -0.2) is 33.5 Å². The van der Waals surface area contributed by atoms with Gasteiger partial charge in [-0.1, -0.05) is 103 Å². The van der Waals surface area contributed by atoms with Crippen molar-refractivity contribution in [3.8, 4) is 22.8 Å². The lowest BCUT2D eigenvalue weighted by Crippen LogP contribution is -2.29. The minimum absolute atomic E-state index is 0.0556. The predicted molar refractivity (Wildman–Crippen MR) is 165 cm³/mol. The molecule has 0 spiro atoms. The second-order valence-corrected chi connectivity index (χ2v) is 10.8. The van der Waals surface area contributed by atoms with Crippen molar-refractivity contribution in [1.82, 2.24) is 20.1 Å². The van der Waals surface area contributed by atoms with Crippen LogP contribution in [0.1, 0.15) is 36.4 Å². The summed E-state index contributed by atoms with van der Waals surface area (Å²) in [6.07, 6.45) is 2.94. The van der Waals surface area contributed by atoms with Gasteiger partial charge in [-0.15, -0.1) is 10.2 Å². The number of carbonyl (C=O) groups is 1. The highest BCUT2D eigenvalue weighted by molar-refractivity contribution is 7.99. The Hall–Kier alpha value is -4.36. The third kappa shape index (κ3) is 7.64. The number of carbonyl (C=O) groups excluding carboxylic acids is 1. The van der Waals surface area contributed by atoms with Crippen molar-refractivity contribution in [1.29, 1.82) is 0 Å². The van der Waals surface area contributed by atoms with Crippen molar-refractivity contribution in [3.05, 3.63) is 126 Å². The van der Waals surface area contributed by atoms with Crippen LogP contribution < -0.4 is 10.1 Å². The first-order valence-electron chi connectivity index (χ1n) is 13.9. The second kappa shape index (κ2) is 14.3. The van der Waals surface area contributed by atoms with Crippen molar-refractivity contribution in [3.63, 3.8) is 0 Å². The van der Waals surface area contributed by atoms with E-state index < -0.39 is 0 Å². The molecule has 0 radical (unpaired) electrons. The molecule has 6 nitrogen and oxygen atoms in total. The number of hydrogen-bond donors (Lipinski definition) is 1. The second-order valence-electron chi connectivity index (χ2n) is 9.73. The van der Waals surface area contributed by atoms with Gasteiger partial charge in [0.2, 0.25) is 5.91 Å². The number of nitrogens with zero attached hydrogens (tertiary/aromatic N) is 3. The van der Waals surface area contributed by atoms with Crippen molar-refractivity contribution in [2.24, 2.45) is 0 Å². The lowest BCUT2D eigenvalue weighted by atomic mass is 9.98. The Labute approximate surface area is 245 Å². The minimum atomic E-state index is -0.0556. The summed E-state index contributed by atoms with van der Waals surface area (Å²) in [6, 6.07) is 38.4. The number of methoxy groups -OCH3 is 1. The first kappa shape index (κ1) is 28.2. The van der Waals surface area contributed by atoms with Gasteiger partial charge in [0.1, 0.15) is 5.75 Å². The molecular formula is C34H34N4O2S. The Morgan fingerprint density at radius 2 is 1.49 bits per heavy atom. The number of amides is 1. The highest BCUT2D eigenvalue weighted by Crippen LogP contribution is 2.29. The molecule has 1 N–H and O–H groups in total. The number of aromatic nitrogens is 3. The fourth-order valence-corrected chi connectivity index (χ4v) is 5.66. The van der Waals surface area contributed by atoms with Crippen LogP contribution in [0.5, 0.6) is 5.75 Å². The fourth-order valence-electron chi connectivity index (χ4n) is 4.71. The Bertz CT molecular complexity index is 1510. The third-order valence-corrected chi connectivity index (χ3v) is 7.86. The van der Waals surface area contributed by atoms with E-state index in [1.165, 1.54) is 5.56 Å². The Morgan fingerprint density at radius 1 is 0.829 bits per heavy atom. The average Bonchev–Trinajstić information content (AvgIpc) is 3.46. The van der Waals surface area contributed by atoms with Gasteiger partial charge in [0, 0.05) is 23.4 Å². The van der Waals surface area contributed by atoms with Crippen LogP contribution in [-0.2, 0) is 11.2 Å². The maximum atomic E-state index is 12.9. The van der Waals surface area contributed by atoms with Gasteiger partial charge in [0.05, 0.1) is 13.2 Å². The maximum Gasteiger partial charge on any atom is 0.220 e. The Balaban J connectivity index is 1.19. The molecule has 1 heterocycles. The van der Waals surface area contributed by atoms with Gasteiger partial charge in [-0.3, -0.25) is 9.36 Å². The highest BCUT2D eigenvalue weighted by atomic mass is 32.2. The summed E-state index contributed by atoms with van der Waals surface area (Å²) in [5.41, 5.74) is 4.30. The zero-order valence-electron chi connectivity index (χ0n) is 23.1. The summed E-state index contributed by atoms with van der Waals surface area (Å²) in [7, 11) is 1.66. The first-order chi connectivity index (χ1) is 20.2. The molecule has 0 aliphatic carbocycles. The van der Waals surface area contributed by atoms with Gasteiger partial charge in [-0.05, 0) is 54.7 Å². The Morgan fingerprint density at radius 3 is 2.17 bits per heavy atom. The van der Waals surface area contributed by atoms with E-state index in [9.17, 15) is 4.79 Å². The largest absolute Gasteiger partial charge is 0.497 e. The number of unbranched alkanes of at least 4 members (excludes halogenated alkanes) is 1. The minimum Gasteiger partial charge on any atom is -0.497 e. The zero-order valence-corrected chi connectivity index (χ0v) is 24.0. The van der Waals surface area contributed by atoms with E-state index >= 15 is 0 Å². The van der Waals surface area contributed by atoms with Crippen molar-refractivity contribution in [2.75, 3.05) is 12.9 Å². The fraction of sp³-hybridized carbons (Fsp3) is 0.206. The summed E-state index contributed by atoms with van der Waals surface area (Å²) in [6.45, 7) is 0. The molecule has 5 rings (SSSR count). The molecule has 208 valence electrons. The number of benzene rings is 4. The van der Waals surface area contributed by atoms with Gasteiger partial charge in [-0.25, -0.2) is 0 Å². The van der Waals surface area contributed by atoms with Crippen molar-refractivity contribution >= 4 is 17.7 Å². The van der Waals surface area contributed by atoms with E-state index in [-0.39, 0.29) is 11.9 Å². The quantitative estimate of drug-likeness (QED) is 0.120. The van der Waals surface area contributed by atoms with Crippen molar-refractivity contribution < 1.29 is 9.53 Å². The smallest absolute Gasteiger partial charge is 0.220 e. The molecule has 0 aliphatic heterocycles. The van der Waals surface area contributed by atoms with Gasteiger partial charge >= 0.3 is 0 Å². The molecule has 0 saturated heterocycles. The van der Waals surface area contributed by atoms with E-state index in [4.69, 9.17) is 4.74 Å². The van der Waals surface area contributed by atoms with Crippen molar-refractivity contribution in [2.45, 2.75) is 36.9 Å². The van der Waals surface area contributed by atoms with E-state index in [0.29, 0.717) is 6.42 Å². The molecule has 0 aliphatic rings. The monoisotopic (exact) mass is 562 g/mol. The van der Waals surface area contributed by atoms with Crippen LogP contribution in [0.15, 0.2) is 120 Å². The molecule has 41 heavy (non-hydrogen) atoms. The molecule has 0 bridgehead atoms. The number of ether oxygens (including phenoxy) is 1. The maximum absolute atomic E-state index is 12.9. The number of rotatable bonds is 13. The van der Waals surface area contributed by atoms with E-state index in [2.05, 4.69) is 44.3 Å². The van der Waals surface area contributed by atoms with Gasteiger partial charge in [-0.2, -0.15) is 0 Å². The SMILES string of the molecule is COc1ccc(-n2c(SCCCCC(=O)NC(Cc3ccccc3)c3ccccc3)nnc2-c2ccccc2)cc1. The van der Waals surface area contributed by atoms with Gasteiger partial charge in [0.25, 0.3) is 0 Å². The molecule has 0 saturated carbocycles. The molecule has 7 heteroatoms. The summed E-state index contributed by atoms with van der Waals surface area (Å²) >= 11 is 1.66. The summed E-state index contributed by atoms with van der Waals surface area (Å²) in [5.74, 6) is 2.51. The van der Waals surface area contributed by atoms with E-state index in [0.717, 1.165) is 58.6 Å². The van der Waals surface area contributed by atoms with Crippen LogP contribution >= 0.6 is 11.8 Å². The standard InChI is InChI=1S/C34H34N4O2S/c1-40-30-22-20-29(21-23-30)38-33(28-17-9-4-10-18-28)36-37-34(38)41-24-12-11-19-32(39)35-31(27-15-7-3-8-16-27)25-26-13-5-2-6-14-26/h2-10,13-18,20-23,31H,11-12,19,24-25H2,1H3,(H,35,39). The number of hydrogen-bond acceptors (Lipinski definition) is 5. The molecule has 1 atom stereocenters. The lowest BCUT2D eigenvalue weighted by molar-refractivity contribution is -0.121. The van der Waals surface area contributed by atoms with Crippen LogP contribution in [0.4, 0.5) is 0 Å². The normalized spacial score (nSPS) is 11.6. The van der Waals surface area contributed by atoms with Crippen LogP contribution in [0.3, 0.4) is 0 Å². The zero-order chi connectivity index (χ0) is 28.3. The summed E-state index contributed by atoms with van der Waals surface area (Å²) < 4.78 is 7.43. The molecule has 1 amide bonds. The molecule has 5 aromatic rings. The number of thioether (sulfide) groups is 1. The topological polar surface area (TPSA) is 69.0 Å². The van der Waals surface area contributed by atoms with Crippen LogP contribution in [0, 0.1) is 0 Å². The molecule has 1 aromatic heterocycles. The van der Waals surface area contributed by atoms with E-state index in [1.54, 1.807) is 18.9 Å². The summed E-state index contributed by atoms with van der Waals surface area (Å²) in [4.78, 5) is 12.9. The number of nitrogens with one attached hydrogen (secondary N) is 1. The average molecular weight is 563 g/mol.